The third-order valence-corrected chi connectivity index (χ3v) is 2.31. The highest BCUT2D eigenvalue weighted by Gasteiger charge is 2.09. The molecule has 6 heteroatoms. The first-order valence-corrected chi connectivity index (χ1v) is 4.92. The van der Waals surface area contributed by atoms with E-state index < -0.39 is 0 Å². The van der Waals surface area contributed by atoms with Crippen LogP contribution in [0, 0.1) is 6.92 Å². The molecule has 0 spiro atoms. The lowest BCUT2D eigenvalue weighted by atomic mass is 10.2. The maximum absolute atomic E-state index is 11.6. The first kappa shape index (κ1) is 10.4. The number of imidazole rings is 1. The Morgan fingerprint density at radius 1 is 1.62 bits per heavy atom. The van der Waals surface area contributed by atoms with E-state index in [1.54, 1.807) is 23.3 Å². The number of aryl methyl sites for hydroxylation is 2. The summed E-state index contributed by atoms with van der Waals surface area (Å²) >= 11 is 0. The quantitative estimate of drug-likeness (QED) is 0.783. The average molecular weight is 219 g/mol. The largest absolute Gasteiger partial charge is 0.346 e. The Bertz CT molecular complexity index is 499. The summed E-state index contributed by atoms with van der Waals surface area (Å²) in [5, 5.41) is 9.48. The van der Waals surface area contributed by atoms with Gasteiger partial charge in [0, 0.05) is 31.0 Å². The molecule has 0 unspecified atom stereocenters. The number of rotatable bonds is 3. The fraction of sp³-hybridized carbons (Fsp3) is 0.300. The first-order valence-electron chi connectivity index (χ1n) is 4.92. The van der Waals surface area contributed by atoms with E-state index in [2.05, 4.69) is 20.5 Å². The van der Waals surface area contributed by atoms with Crippen molar-refractivity contribution in [3.05, 3.63) is 35.7 Å². The number of hydrogen-bond donors (Lipinski definition) is 2. The van der Waals surface area contributed by atoms with Gasteiger partial charge in [-0.25, -0.2) is 4.98 Å². The van der Waals surface area contributed by atoms with Crippen molar-refractivity contribution in [3.8, 4) is 0 Å². The Morgan fingerprint density at radius 2 is 2.44 bits per heavy atom. The van der Waals surface area contributed by atoms with Gasteiger partial charge in [-0.05, 0) is 6.92 Å². The summed E-state index contributed by atoms with van der Waals surface area (Å²) in [4.78, 5) is 15.6. The Morgan fingerprint density at radius 3 is 3.00 bits per heavy atom. The fourth-order valence-corrected chi connectivity index (χ4v) is 1.35. The number of nitrogens with zero attached hydrogens (tertiary/aromatic N) is 3. The molecule has 2 aromatic rings. The monoisotopic (exact) mass is 219 g/mol. The minimum absolute atomic E-state index is 0.179. The van der Waals surface area contributed by atoms with Crippen LogP contribution in [0.2, 0.25) is 0 Å². The second-order valence-electron chi connectivity index (χ2n) is 3.63. The first-order chi connectivity index (χ1) is 7.66. The summed E-state index contributed by atoms with van der Waals surface area (Å²) in [6.07, 6.45) is 4.98. The van der Waals surface area contributed by atoms with Gasteiger partial charge in [-0.3, -0.25) is 9.89 Å². The molecule has 0 bridgehead atoms. The Hall–Kier alpha value is -2.11. The van der Waals surface area contributed by atoms with Gasteiger partial charge in [-0.1, -0.05) is 0 Å². The molecule has 0 fully saturated rings. The van der Waals surface area contributed by atoms with E-state index in [1.807, 2.05) is 14.0 Å². The molecule has 84 valence electrons. The molecule has 2 rings (SSSR count). The molecule has 0 saturated carbocycles. The standard InChI is InChI=1S/C10H13N5O/c1-7-8(4-13-14-7)3-11-10(16)9-5-15(2)6-12-9/h4-6H,3H2,1-2H3,(H,11,16)(H,13,14). The minimum atomic E-state index is -0.179. The van der Waals surface area contributed by atoms with Gasteiger partial charge in [0.1, 0.15) is 5.69 Å². The topological polar surface area (TPSA) is 75.6 Å². The van der Waals surface area contributed by atoms with Crippen LogP contribution in [0.5, 0.6) is 0 Å². The van der Waals surface area contributed by atoms with Crippen LogP contribution in [-0.2, 0) is 13.6 Å². The molecular weight excluding hydrogens is 206 g/mol. The van der Waals surface area contributed by atoms with Gasteiger partial charge in [0.05, 0.1) is 12.5 Å². The maximum Gasteiger partial charge on any atom is 0.271 e. The van der Waals surface area contributed by atoms with E-state index in [0.717, 1.165) is 11.3 Å². The summed E-state index contributed by atoms with van der Waals surface area (Å²) in [7, 11) is 1.82. The number of aromatic amines is 1. The summed E-state index contributed by atoms with van der Waals surface area (Å²) in [6.45, 7) is 2.37. The lowest BCUT2D eigenvalue weighted by molar-refractivity contribution is 0.0946. The highest BCUT2D eigenvalue weighted by molar-refractivity contribution is 5.91. The third-order valence-electron chi connectivity index (χ3n) is 2.31. The van der Waals surface area contributed by atoms with Crippen LogP contribution >= 0.6 is 0 Å². The number of hydrogen-bond acceptors (Lipinski definition) is 3. The van der Waals surface area contributed by atoms with Crippen molar-refractivity contribution < 1.29 is 4.79 Å². The Balaban J connectivity index is 1.96. The molecule has 2 aromatic heterocycles. The maximum atomic E-state index is 11.6. The number of H-pyrrole nitrogens is 1. The molecule has 16 heavy (non-hydrogen) atoms. The van der Waals surface area contributed by atoms with E-state index in [1.165, 1.54) is 0 Å². The molecule has 2 heterocycles. The Labute approximate surface area is 92.7 Å². The molecule has 1 amide bonds. The molecule has 0 aliphatic carbocycles. The predicted octanol–water partition coefficient (Wildman–Crippen LogP) is 0.382. The van der Waals surface area contributed by atoms with Crippen molar-refractivity contribution in [2.45, 2.75) is 13.5 Å². The summed E-state index contributed by atoms with van der Waals surface area (Å²) in [5.74, 6) is -0.179. The van der Waals surface area contributed by atoms with Gasteiger partial charge in [-0.15, -0.1) is 0 Å². The van der Waals surface area contributed by atoms with Gasteiger partial charge < -0.3 is 9.88 Å². The zero-order valence-corrected chi connectivity index (χ0v) is 9.19. The number of carbonyl (C=O) groups is 1. The number of nitrogens with one attached hydrogen (secondary N) is 2. The van der Waals surface area contributed by atoms with Crippen LogP contribution in [0.1, 0.15) is 21.7 Å². The van der Waals surface area contributed by atoms with Crippen LogP contribution in [0.15, 0.2) is 18.7 Å². The van der Waals surface area contributed by atoms with Crippen molar-refractivity contribution in [2.75, 3.05) is 0 Å². The number of carbonyl (C=O) groups excluding carboxylic acids is 1. The lowest BCUT2D eigenvalue weighted by Gasteiger charge is -2.01. The highest BCUT2D eigenvalue weighted by Crippen LogP contribution is 2.02. The molecule has 6 nitrogen and oxygen atoms in total. The van der Waals surface area contributed by atoms with Gasteiger partial charge in [0.25, 0.3) is 5.91 Å². The molecular formula is C10H13N5O. The van der Waals surface area contributed by atoms with Crippen molar-refractivity contribution in [2.24, 2.45) is 7.05 Å². The van der Waals surface area contributed by atoms with Crippen LogP contribution in [0.3, 0.4) is 0 Å². The smallest absolute Gasteiger partial charge is 0.271 e. The van der Waals surface area contributed by atoms with Gasteiger partial charge in [-0.2, -0.15) is 5.10 Å². The summed E-state index contributed by atoms with van der Waals surface area (Å²) in [6, 6.07) is 0. The van der Waals surface area contributed by atoms with Crippen molar-refractivity contribution in [3.63, 3.8) is 0 Å². The SMILES string of the molecule is Cc1[nH]ncc1CNC(=O)c1cn(C)cn1. The fourth-order valence-electron chi connectivity index (χ4n) is 1.35. The molecule has 0 aromatic carbocycles. The van der Waals surface area contributed by atoms with Crippen LogP contribution in [0.25, 0.3) is 0 Å². The second kappa shape index (κ2) is 4.18. The average Bonchev–Trinajstić information content (AvgIpc) is 2.84. The van der Waals surface area contributed by atoms with Gasteiger partial charge >= 0.3 is 0 Å². The Kier molecular flexibility index (Phi) is 2.72. The normalized spacial score (nSPS) is 10.4. The van der Waals surface area contributed by atoms with E-state index in [4.69, 9.17) is 0 Å². The van der Waals surface area contributed by atoms with Crippen molar-refractivity contribution in [1.82, 2.24) is 25.1 Å². The zero-order chi connectivity index (χ0) is 11.5. The van der Waals surface area contributed by atoms with Gasteiger partial charge in [0.15, 0.2) is 0 Å². The van der Waals surface area contributed by atoms with E-state index in [9.17, 15) is 4.79 Å². The minimum Gasteiger partial charge on any atom is -0.346 e. The van der Waals surface area contributed by atoms with E-state index in [-0.39, 0.29) is 5.91 Å². The molecule has 0 radical (unpaired) electrons. The molecule has 2 N–H and O–H groups in total. The zero-order valence-electron chi connectivity index (χ0n) is 9.19. The number of aromatic nitrogens is 4. The molecule has 0 saturated heterocycles. The number of amides is 1. The highest BCUT2D eigenvalue weighted by atomic mass is 16.1. The molecule has 0 aliphatic heterocycles. The third kappa shape index (κ3) is 2.10. The predicted molar refractivity (Wildman–Crippen MR) is 57.7 cm³/mol. The van der Waals surface area contributed by atoms with E-state index >= 15 is 0 Å². The van der Waals surface area contributed by atoms with Crippen molar-refractivity contribution >= 4 is 5.91 Å². The van der Waals surface area contributed by atoms with E-state index in [0.29, 0.717) is 12.2 Å². The van der Waals surface area contributed by atoms with Crippen LogP contribution < -0.4 is 5.32 Å². The molecule has 0 aliphatic rings. The van der Waals surface area contributed by atoms with Crippen LogP contribution in [-0.4, -0.2) is 25.7 Å². The van der Waals surface area contributed by atoms with Crippen molar-refractivity contribution in [1.29, 1.82) is 0 Å². The summed E-state index contributed by atoms with van der Waals surface area (Å²) < 4.78 is 1.73. The summed E-state index contributed by atoms with van der Waals surface area (Å²) in [5.41, 5.74) is 2.36. The van der Waals surface area contributed by atoms with Crippen LogP contribution in [0.4, 0.5) is 0 Å². The molecule has 0 atom stereocenters. The van der Waals surface area contributed by atoms with Gasteiger partial charge in [0.2, 0.25) is 0 Å². The second-order valence-corrected chi connectivity index (χ2v) is 3.63. The lowest BCUT2D eigenvalue weighted by Crippen LogP contribution is -2.23.